The molecule has 0 bridgehead atoms. The van der Waals surface area contributed by atoms with Gasteiger partial charge in [0.05, 0.1) is 6.20 Å². The van der Waals surface area contributed by atoms with Gasteiger partial charge in [-0.3, -0.25) is 0 Å². The molecule has 0 aliphatic heterocycles. The van der Waals surface area contributed by atoms with Gasteiger partial charge < -0.3 is 5.73 Å². The van der Waals surface area contributed by atoms with Gasteiger partial charge in [0.25, 0.3) is 0 Å². The molecule has 2 aromatic heterocycles. The van der Waals surface area contributed by atoms with E-state index in [-0.39, 0.29) is 5.82 Å². The summed E-state index contributed by atoms with van der Waals surface area (Å²) in [4.78, 5) is 0. The summed E-state index contributed by atoms with van der Waals surface area (Å²) in [7, 11) is 0. The number of nitrogens with zero attached hydrogens (tertiary/aromatic N) is 5. The van der Waals surface area contributed by atoms with Gasteiger partial charge in [-0.25, -0.2) is 4.68 Å². The number of hydrogen-bond acceptors (Lipinski definition) is 5. The van der Waals surface area contributed by atoms with E-state index in [1.165, 1.54) is 10.9 Å². The van der Waals surface area contributed by atoms with Gasteiger partial charge in [-0.1, -0.05) is 11.6 Å². The predicted octanol–water partition coefficient (Wildman–Crippen LogP) is 0.770. The standard InChI is InChI=1S/C8H5ClN6/c9-6-1-2-7(13-12-6)15-4-5(3-10)8(11)14-15/h1-2,4H,(H2,11,14). The zero-order valence-corrected chi connectivity index (χ0v) is 8.18. The van der Waals surface area contributed by atoms with Crippen LogP contribution in [0.5, 0.6) is 0 Å². The van der Waals surface area contributed by atoms with Crippen molar-refractivity contribution < 1.29 is 0 Å². The minimum atomic E-state index is 0.161. The Balaban J connectivity index is 2.46. The normalized spacial score (nSPS) is 9.87. The summed E-state index contributed by atoms with van der Waals surface area (Å²) in [5.41, 5.74) is 5.79. The van der Waals surface area contributed by atoms with Crippen LogP contribution in [0.3, 0.4) is 0 Å². The van der Waals surface area contributed by atoms with Crippen molar-refractivity contribution >= 4 is 17.4 Å². The Kier molecular flexibility index (Phi) is 2.23. The average molecular weight is 221 g/mol. The first-order chi connectivity index (χ1) is 7.20. The van der Waals surface area contributed by atoms with Crippen LogP contribution in [0, 0.1) is 11.3 Å². The fourth-order valence-corrected chi connectivity index (χ4v) is 1.12. The van der Waals surface area contributed by atoms with E-state index < -0.39 is 0 Å². The van der Waals surface area contributed by atoms with Crippen LogP contribution in [0.25, 0.3) is 5.82 Å². The number of halogens is 1. The van der Waals surface area contributed by atoms with Gasteiger partial charge in [0, 0.05) is 0 Å². The third-order valence-electron chi connectivity index (χ3n) is 1.72. The fourth-order valence-electron chi connectivity index (χ4n) is 1.02. The van der Waals surface area contributed by atoms with Crippen LogP contribution in [-0.2, 0) is 0 Å². The number of nitriles is 1. The molecule has 2 aromatic rings. The van der Waals surface area contributed by atoms with Crippen molar-refractivity contribution in [2.75, 3.05) is 5.73 Å². The molecule has 0 aromatic carbocycles. The molecule has 0 aliphatic rings. The van der Waals surface area contributed by atoms with Crippen LogP contribution in [-0.4, -0.2) is 20.0 Å². The van der Waals surface area contributed by atoms with E-state index in [2.05, 4.69) is 15.3 Å². The van der Waals surface area contributed by atoms with Crippen molar-refractivity contribution in [3.8, 4) is 11.9 Å². The largest absolute Gasteiger partial charge is 0.381 e. The van der Waals surface area contributed by atoms with E-state index >= 15 is 0 Å². The molecular formula is C8H5ClN6. The number of aromatic nitrogens is 4. The third kappa shape index (κ3) is 1.73. The summed E-state index contributed by atoms with van der Waals surface area (Å²) in [6, 6.07) is 5.12. The van der Waals surface area contributed by atoms with Gasteiger partial charge >= 0.3 is 0 Å². The highest BCUT2D eigenvalue weighted by atomic mass is 35.5. The molecule has 0 amide bonds. The highest BCUT2D eigenvalue weighted by molar-refractivity contribution is 6.29. The van der Waals surface area contributed by atoms with Gasteiger partial charge in [0.1, 0.15) is 11.6 Å². The minimum absolute atomic E-state index is 0.161. The first kappa shape index (κ1) is 9.43. The molecule has 0 saturated carbocycles. The number of rotatable bonds is 1. The molecule has 0 unspecified atom stereocenters. The van der Waals surface area contributed by atoms with Gasteiger partial charge in [-0.05, 0) is 12.1 Å². The van der Waals surface area contributed by atoms with Gasteiger partial charge in [-0.2, -0.15) is 5.26 Å². The lowest BCUT2D eigenvalue weighted by atomic mass is 10.4. The number of hydrogen-bond donors (Lipinski definition) is 1. The van der Waals surface area contributed by atoms with Gasteiger partial charge in [-0.15, -0.1) is 15.3 Å². The van der Waals surface area contributed by atoms with Crippen molar-refractivity contribution in [2.45, 2.75) is 0 Å². The van der Waals surface area contributed by atoms with E-state index in [0.717, 1.165) is 0 Å². The highest BCUT2D eigenvalue weighted by Crippen LogP contribution is 2.11. The molecule has 7 heteroatoms. The Labute approximate surface area is 89.9 Å². The summed E-state index contributed by atoms with van der Waals surface area (Å²) >= 11 is 5.58. The lowest BCUT2D eigenvalue weighted by Gasteiger charge is -1.96. The first-order valence-electron chi connectivity index (χ1n) is 3.95. The molecule has 2 heterocycles. The predicted molar refractivity (Wildman–Crippen MR) is 53.3 cm³/mol. The number of anilines is 1. The second-order valence-electron chi connectivity index (χ2n) is 2.70. The molecule has 2 N–H and O–H groups in total. The molecule has 0 aliphatic carbocycles. The second kappa shape index (κ2) is 3.55. The van der Waals surface area contributed by atoms with E-state index in [4.69, 9.17) is 22.6 Å². The Bertz CT molecular complexity index is 523. The molecular weight excluding hydrogens is 216 g/mol. The van der Waals surface area contributed by atoms with E-state index in [9.17, 15) is 0 Å². The zero-order valence-electron chi connectivity index (χ0n) is 7.42. The molecule has 74 valence electrons. The average Bonchev–Trinajstić information content (AvgIpc) is 2.61. The monoisotopic (exact) mass is 220 g/mol. The van der Waals surface area contributed by atoms with Crippen molar-refractivity contribution in [2.24, 2.45) is 0 Å². The quantitative estimate of drug-likeness (QED) is 0.766. The van der Waals surface area contributed by atoms with Crippen molar-refractivity contribution in [3.05, 3.63) is 29.0 Å². The molecule has 15 heavy (non-hydrogen) atoms. The lowest BCUT2D eigenvalue weighted by Crippen LogP contribution is -2.00. The molecule has 0 atom stereocenters. The summed E-state index contributed by atoms with van der Waals surface area (Å²) in [6.07, 6.45) is 1.48. The van der Waals surface area contributed by atoms with Gasteiger partial charge in [0.2, 0.25) is 0 Å². The van der Waals surface area contributed by atoms with Crippen molar-refractivity contribution in [1.82, 2.24) is 20.0 Å². The maximum Gasteiger partial charge on any atom is 0.175 e. The summed E-state index contributed by atoms with van der Waals surface area (Å²) in [6.45, 7) is 0. The molecule has 0 radical (unpaired) electrons. The summed E-state index contributed by atoms with van der Waals surface area (Å²) < 4.78 is 1.37. The van der Waals surface area contributed by atoms with Crippen LogP contribution >= 0.6 is 11.6 Å². The maximum absolute atomic E-state index is 8.68. The zero-order chi connectivity index (χ0) is 10.8. The van der Waals surface area contributed by atoms with Crippen LogP contribution < -0.4 is 5.73 Å². The van der Waals surface area contributed by atoms with Crippen LogP contribution in [0.2, 0.25) is 5.15 Å². The van der Waals surface area contributed by atoms with Crippen LogP contribution in [0.1, 0.15) is 5.56 Å². The number of nitrogens with two attached hydrogens (primary N) is 1. The summed E-state index contributed by atoms with van der Waals surface area (Å²) in [5.74, 6) is 0.613. The fraction of sp³-hybridized carbons (Fsp3) is 0. The first-order valence-corrected chi connectivity index (χ1v) is 4.33. The van der Waals surface area contributed by atoms with E-state index in [0.29, 0.717) is 16.5 Å². The Morgan fingerprint density at radius 2 is 2.20 bits per heavy atom. The molecule has 0 fully saturated rings. The van der Waals surface area contributed by atoms with E-state index in [1.807, 2.05) is 6.07 Å². The topological polar surface area (TPSA) is 93.4 Å². The SMILES string of the molecule is N#Cc1cn(-c2ccc(Cl)nn2)nc1N. The Hall–Kier alpha value is -2.13. The maximum atomic E-state index is 8.68. The molecule has 6 nitrogen and oxygen atoms in total. The number of nitrogen functional groups attached to an aromatic ring is 1. The minimum Gasteiger partial charge on any atom is -0.381 e. The van der Waals surface area contributed by atoms with Crippen LogP contribution in [0.15, 0.2) is 18.3 Å². The van der Waals surface area contributed by atoms with Gasteiger partial charge in [0.15, 0.2) is 16.8 Å². The van der Waals surface area contributed by atoms with Crippen LogP contribution in [0.4, 0.5) is 5.82 Å². The van der Waals surface area contributed by atoms with Crippen molar-refractivity contribution in [1.29, 1.82) is 5.26 Å². The Morgan fingerprint density at radius 1 is 1.40 bits per heavy atom. The lowest BCUT2D eigenvalue weighted by molar-refractivity contribution is 0.818. The highest BCUT2D eigenvalue weighted by Gasteiger charge is 2.07. The third-order valence-corrected chi connectivity index (χ3v) is 1.92. The van der Waals surface area contributed by atoms with Crippen molar-refractivity contribution in [3.63, 3.8) is 0 Å². The molecule has 0 spiro atoms. The summed E-state index contributed by atoms with van der Waals surface area (Å²) in [5, 5.41) is 20.3. The van der Waals surface area contributed by atoms with E-state index in [1.54, 1.807) is 12.1 Å². The smallest absolute Gasteiger partial charge is 0.175 e. The molecule has 0 saturated heterocycles. The Morgan fingerprint density at radius 3 is 2.73 bits per heavy atom. The molecule has 2 rings (SSSR count). The second-order valence-corrected chi connectivity index (χ2v) is 3.09.